The number of aromatic carboxylic acids is 1. The number of carbonyl (C=O) groups excluding carboxylic acids is 1. The highest BCUT2D eigenvalue weighted by Gasteiger charge is 2.22. The predicted molar refractivity (Wildman–Crippen MR) is 71.3 cm³/mol. The van der Waals surface area contributed by atoms with Gasteiger partial charge in [-0.15, -0.1) is 0 Å². The first-order valence-electron chi connectivity index (χ1n) is 5.54. The van der Waals surface area contributed by atoms with Crippen LogP contribution in [0.25, 0.3) is 11.1 Å². The number of carboxylic acids is 1. The summed E-state index contributed by atoms with van der Waals surface area (Å²) < 4.78 is 9.50. The Labute approximate surface area is 113 Å². The summed E-state index contributed by atoms with van der Waals surface area (Å²) in [7, 11) is 1.20. The van der Waals surface area contributed by atoms with Gasteiger partial charge in [-0.25, -0.2) is 9.59 Å². The first-order chi connectivity index (χ1) is 9.47. The van der Waals surface area contributed by atoms with E-state index in [0.717, 1.165) is 0 Å². The zero-order valence-electron chi connectivity index (χ0n) is 10.5. The van der Waals surface area contributed by atoms with Crippen molar-refractivity contribution in [2.24, 2.45) is 0 Å². The SMILES string of the molecule is COC(=O)c1c(N)ccc(-c2ccoc2C(=O)O)c1N. The number of anilines is 2. The third-order valence-electron chi connectivity index (χ3n) is 2.82. The van der Waals surface area contributed by atoms with E-state index in [2.05, 4.69) is 4.74 Å². The highest BCUT2D eigenvalue weighted by Crippen LogP contribution is 2.34. The predicted octanol–water partition coefficient (Wildman–Crippen LogP) is 1.60. The Balaban J connectivity index is 2.67. The smallest absolute Gasteiger partial charge is 0.372 e. The second-order valence-electron chi connectivity index (χ2n) is 3.95. The standard InChI is InChI=1S/C13H12N2O5/c1-19-13(18)9-8(14)3-2-6(10(9)15)7-4-5-20-11(7)12(16)17/h2-5H,14-15H2,1H3,(H,16,17). The molecule has 7 heteroatoms. The Hall–Kier alpha value is -2.96. The fraction of sp³-hybridized carbons (Fsp3) is 0.0769. The molecule has 0 amide bonds. The van der Waals surface area contributed by atoms with E-state index in [-0.39, 0.29) is 28.3 Å². The lowest BCUT2D eigenvalue weighted by molar-refractivity contribution is 0.0602. The zero-order chi connectivity index (χ0) is 14.9. The summed E-state index contributed by atoms with van der Waals surface area (Å²) in [5.74, 6) is -2.19. The molecule has 2 aromatic rings. The summed E-state index contributed by atoms with van der Waals surface area (Å²) >= 11 is 0. The number of methoxy groups -OCH3 is 1. The highest BCUT2D eigenvalue weighted by molar-refractivity contribution is 6.06. The van der Waals surface area contributed by atoms with Crippen LogP contribution in [0.4, 0.5) is 11.4 Å². The number of rotatable bonds is 3. The fourth-order valence-corrected chi connectivity index (χ4v) is 1.89. The lowest BCUT2D eigenvalue weighted by atomic mass is 9.99. The first-order valence-corrected chi connectivity index (χ1v) is 5.54. The largest absolute Gasteiger partial charge is 0.475 e. The van der Waals surface area contributed by atoms with Crippen molar-refractivity contribution in [3.63, 3.8) is 0 Å². The molecule has 0 bridgehead atoms. The minimum atomic E-state index is -1.24. The molecule has 0 fully saturated rings. The molecule has 20 heavy (non-hydrogen) atoms. The Morgan fingerprint density at radius 2 is 1.90 bits per heavy atom. The van der Waals surface area contributed by atoms with Crippen molar-refractivity contribution in [2.45, 2.75) is 0 Å². The number of furan rings is 1. The van der Waals surface area contributed by atoms with Crippen LogP contribution in [-0.4, -0.2) is 24.2 Å². The van der Waals surface area contributed by atoms with Crippen LogP contribution in [0.1, 0.15) is 20.9 Å². The van der Waals surface area contributed by atoms with E-state index in [1.165, 1.54) is 31.6 Å². The Morgan fingerprint density at radius 3 is 2.50 bits per heavy atom. The number of carbonyl (C=O) groups is 2. The van der Waals surface area contributed by atoms with Crippen LogP contribution in [0.3, 0.4) is 0 Å². The second-order valence-corrected chi connectivity index (χ2v) is 3.95. The number of nitrogens with two attached hydrogens (primary N) is 2. The second kappa shape index (κ2) is 4.96. The van der Waals surface area contributed by atoms with Gasteiger partial charge in [-0.1, -0.05) is 6.07 Å². The molecule has 0 aliphatic carbocycles. The molecule has 104 valence electrons. The minimum absolute atomic E-state index is 0.00235. The van der Waals surface area contributed by atoms with E-state index < -0.39 is 11.9 Å². The molecule has 1 heterocycles. The van der Waals surface area contributed by atoms with Crippen LogP contribution < -0.4 is 11.5 Å². The van der Waals surface area contributed by atoms with Gasteiger partial charge < -0.3 is 25.7 Å². The maximum Gasteiger partial charge on any atom is 0.372 e. The van der Waals surface area contributed by atoms with Gasteiger partial charge in [0.25, 0.3) is 0 Å². The van der Waals surface area contributed by atoms with E-state index >= 15 is 0 Å². The van der Waals surface area contributed by atoms with Gasteiger partial charge in [-0.05, 0) is 12.1 Å². The van der Waals surface area contributed by atoms with Gasteiger partial charge in [-0.3, -0.25) is 0 Å². The minimum Gasteiger partial charge on any atom is -0.475 e. The molecular formula is C13H12N2O5. The Morgan fingerprint density at radius 1 is 1.20 bits per heavy atom. The quantitative estimate of drug-likeness (QED) is 0.573. The highest BCUT2D eigenvalue weighted by atomic mass is 16.5. The van der Waals surface area contributed by atoms with Crippen molar-refractivity contribution in [3.05, 3.63) is 35.8 Å². The summed E-state index contributed by atoms with van der Waals surface area (Å²) in [6, 6.07) is 4.43. The maximum atomic E-state index is 11.7. The van der Waals surface area contributed by atoms with Crippen LogP contribution in [0.5, 0.6) is 0 Å². The van der Waals surface area contributed by atoms with Gasteiger partial charge in [-0.2, -0.15) is 0 Å². The molecule has 0 spiro atoms. The van der Waals surface area contributed by atoms with Gasteiger partial charge in [0.1, 0.15) is 5.56 Å². The molecule has 7 nitrogen and oxygen atoms in total. The van der Waals surface area contributed by atoms with Crippen molar-refractivity contribution < 1.29 is 23.8 Å². The van der Waals surface area contributed by atoms with E-state index in [1.807, 2.05) is 0 Å². The summed E-state index contributed by atoms with van der Waals surface area (Å²) in [5, 5.41) is 9.04. The lowest BCUT2D eigenvalue weighted by Crippen LogP contribution is -2.10. The van der Waals surface area contributed by atoms with Gasteiger partial charge in [0.15, 0.2) is 0 Å². The third kappa shape index (κ3) is 2.05. The van der Waals surface area contributed by atoms with E-state index in [1.54, 1.807) is 0 Å². The summed E-state index contributed by atoms with van der Waals surface area (Å²) in [5.41, 5.74) is 12.4. The van der Waals surface area contributed by atoms with E-state index in [0.29, 0.717) is 5.56 Å². The Kier molecular flexibility index (Phi) is 3.34. The number of hydrogen-bond acceptors (Lipinski definition) is 6. The normalized spacial score (nSPS) is 10.2. The number of nitrogen functional groups attached to an aromatic ring is 2. The van der Waals surface area contributed by atoms with Crippen LogP contribution in [-0.2, 0) is 4.74 Å². The molecule has 2 rings (SSSR count). The number of benzene rings is 1. The summed E-state index contributed by atoms with van der Waals surface area (Å²) in [4.78, 5) is 22.7. The summed E-state index contributed by atoms with van der Waals surface area (Å²) in [6.07, 6.45) is 1.23. The van der Waals surface area contributed by atoms with Gasteiger partial charge >= 0.3 is 11.9 Å². The molecule has 0 radical (unpaired) electrons. The molecular weight excluding hydrogens is 264 g/mol. The number of ether oxygens (including phenoxy) is 1. The average molecular weight is 276 g/mol. The molecule has 1 aromatic carbocycles. The zero-order valence-corrected chi connectivity index (χ0v) is 10.5. The van der Waals surface area contributed by atoms with Crippen LogP contribution in [0, 0.1) is 0 Å². The van der Waals surface area contributed by atoms with E-state index in [4.69, 9.17) is 21.0 Å². The van der Waals surface area contributed by atoms with Crippen LogP contribution in [0.2, 0.25) is 0 Å². The van der Waals surface area contributed by atoms with Gasteiger partial charge in [0, 0.05) is 16.8 Å². The van der Waals surface area contributed by atoms with Crippen LogP contribution >= 0.6 is 0 Å². The van der Waals surface area contributed by atoms with Gasteiger partial charge in [0.2, 0.25) is 5.76 Å². The molecule has 0 aliphatic rings. The van der Waals surface area contributed by atoms with Crippen molar-refractivity contribution in [1.82, 2.24) is 0 Å². The molecule has 0 saturated carbocycles. The van der Waals surface area contributed by atoms with E-state index in [9.17, 15) is 9.59 Å². The van der Waals surface area contributed by atoms with Crippen molar-refractivity contribution >= 4 is 23.3 Å². The van der Waals surface area contributed by atoms with Gasteiger partial charge in [0.05, 0.1) is 19.1 Å². The topological polar surface area (TPSA) is 129 Å². The molecule has 0 unspecified atom stereocenters. The third-order valence-corrected chi connectivity index (χ3v) is 2.82. The number of hydrogen-bond donors (Lipinski definition) is 3. The Bertz CT molecular complexity index is 690. The van der Waals surface area contributed by atoms with Crippen molar-refractivity contribution in [2.75, 3.05) is 18.6 Å². The maximum absolute atomic E-state index is 11.7. The van der Waals surface area contributed by atoms with Crippen LogP contribution in [0.15, 0.2) is 28.9 Å². The first kappa shape index (κ1) is 13.5. The molecule has 0 aliphatic heterocycles. The number of esters is 1. The lowest BCUT2D eigenvalue weighted by Gasteiger charge is -2.11. The molecule has 0 saturated heterocycles. The number of carboxylic acid groups (broad SMARTS) is 1. The molecule has 5 N–H and O–H groups in total. The van der Waals surface area contributed by atoms with Crippen molar-refractivity contribution in [3.8, 4) is 11.1 Å². The summed E-state index contributed by atoms with van der Waals surface area (Å²) in [6.45, 7) is 0. The molecule has 0 atom stereocenters. The monoisotopic (exact) mass is 276 g/mol. The average Bonchev–Trinajstić information content (AvgIpc) is 2.87. The fourth-order valence-electron chi connectivity index (χ4n) is 1.89. The molecule has 1 aromatic heterocycles. The van der Waals surface area contributed by atoms with Crippen molar-refractivity contribution in [1.29, 1.82) is 0 Å².